The lowest BCUT2D eigenvalue weighted by molar-refractivity contribution is -0.120. The van der Waals surface area contributed by atoms with Crippen molar-refractivity contribution in [3.05, 3.63) is 82.4 Å². The Bertz CT molecular complexity index is 1310. The van der Waals surface area contributed by atoms with E-state index >= 15 is 0 Å². The van der Waals surface area contributed by atoms with Crippen LogP contribution in [-0.4, -0.2) is 31.7 Å². The summed E-state index contributed by atoms with van der Waals surface area (Å²) < 4.78 is 34.1. The quantitative estimate of drug-likeness (QED) is 0.433. The number of nitrogens with one attached hydrogen (secondary N) is 1. The summed E-state index contributed by atoms with van der Waals surface area (Å²) in [6.45, 7) is 6.18. The Hall–Kier alpha value is -2.87. The molecule has 6 nitrogen and oxygen atoms in total. The van der Waals surface area contributed by atoms with Crippen LogP contribution < -0.4 is 10.1 Å². The van der Waals surface area contributed by atoms with E-state index < -0.39 is 10.0 Å². The first-order valence-electron chi connectivity index (χ1n) is 11.6. The zero-order chi connectivity index (χ0) is 25.2. The van der Waals surface area contributed by atoms with Gasteiger partial charge in [0.25, 0.3) is 0 Å². The minimum Gasteiger partial charge on any atom is -0.455 e. The average Bonchev–Trinajstić information content (AvgIpc) is 2.81. The first kappa shape index (κ1) is 25.2. The maximum Gasteiger partial charge on any atom is 0.243 e. The molecule has 1 aliphatic rings. The number of rotatable bonds is 6. The molecule has 184 valence electrons. The predicted octanol–water partition coefficient (Wildman–Crippen LogP) is 6.10. The van der Waals surface area contributed by atoms with E-state index in [4.69, 9.17) is 16.3 Å². The molecule has 0 aromatic heterocycles. The molecule has 1 amide bonds. The van der Waals surface area contributed by atoms with Crippen molar-refractivity contribution in [3.8, 4) is 11.5 Å². The second-order valence-corrected chi connectivity index (χ2v) is 11.3. The molecule has 35 heavy (non-hydrogen) atoms. The molecule has 3 aromatic rings. The van der Waals surface area contributed by atoms with Crippen LogP contribution in [0.25, 0.3) is 0 Å². The molecule has 1 aliphatic heterocycles. The molecule has 0 atom stereocenters. The van der Waals surface area contributed by atoms with Crippen LogP contribution in [0.1, 0.15) is 29.5 Å². The van der Waals surface area contributed by atoms with E-state index in [9.17, 15) is 13.2 Å². The highest BCUT2D eigenvalue weighted by molar-refractivity contribution is 7.89. The number of carbonyl (C=O) groups excluding carboxylic acids is 1. The number of anilines is 1. The summed E-state index contributed by atoms with van der Waals surface area (Å²) in [7, 11) is -3.63. The lowest BCUT2D eigenvalue weighted by atomic mass is 9.97. The third-order valence-electron chi connectivity index (χ3n) is 6.20. The molecule has 0 unspecified atom stereocenters. The molecule has 1 heterocycles. The molecule has 1 saturated heterocycles. The Morgan fingerprint density at radius 1 is 0.971 bits per heavy atom. The first-order valence-corrected chi connectivity index (χ1v) is 13.4. The van der Waals surface area contributed by atoms with Gasteiger partial charge in [-0.1, -0.05) is 47.5 Å². The van der Waals surface area contributed by atoms with Crippen molar-refractivity contribution in [2.24, 2.45) is 5.92 Å². The SMILES string of the molecule is Cc1cc(C)c(S(=O)(=O)N2CCC(C(=O)Nc3cc(Cl)ccc3Oc3ccccc3)CC2)c(C)c1. The van der Waals surface area contributed by atoms with Gasteiger partial charge in [0.15, 0.2) is 5.75 Å². The number of halogens is 1. The molecule has 0 spiro atoms. The van der Waals surface area contributed by atoms with Crippen LogP contribution in [0.4, 0.5) is 5.69 Å². The van der Waals surface area contributed by atoms with Gasteiger partial charge in [-0.15, -0.1) is 0 Å². The maximum absolute atomic E-state index is 13.4. The Balaban J connectivity index is 1.45. The van der Waals surface area contributed by atoms with Gasteiger partial charge in [-0.05, 0) is 75.1 Å². The van der Waals surface area contributed by atoms with Crippen molar-refractivity contribution in [2.75, 3.05) is 18.4 Å². The van der Waals surface area contributed by atoms with Crippen LogP contribution in [0.2, 0.25) is 5.02 Å². The first-order chi connectivity index (χ1) is 16.6. The molecule has 0 saturated carbocycles. The van der Waals surface area contributed by atoms with E-state index in [1.54, 1.807) is 18.2 Å². The number of ether oxygens (including phenoxy) is 1. The van der Waals surface area contributed by atoms with Gasteiger partial charge in [0.05, 0.1) is 10.6 Å². The standard InChI is InChI=1S/C27H29ClN2O4S/c1-18-15-19(2)26(20(3)16-18)35(32,33)30-13-11-21(12-14-30)27(31)29-24-17-22(28)9-10-25(24)34-23-7-5-4-6-8-23/h4-10,15-17,21H,11-14H2,1-3H3,(H,29,31). The number of carbonyl (C=O) groups is 1. The Kier molecular flexibility index (Phi) is 7.50. The molecule has 4 rings (SSSR count). The summed E-state index contributed by atoms with van der Waals surface area (Å²) in [4.78, 5) is 13.4. The van der Waals surface area contributed by atoms with Gasteiger partial charge >= 0.3 is 0 Å². The molecule has 0 bridgehead atoms. The summed E-state index contributed by atoms with van der Waals surface area (Å²) in [5.74, 6) is 0.639. The number of sulfonamides is 1. The highest BCUT2D eigenvalue weighted by Crippen LogP contribution is 2.34. The van der Waals surface area contributed by atoms with Crippen molar-refractivity contribution in [2.45, 2.75) is 38.5 Å². The smallest absolute Gasteiger partial charge is 0.243 e. The molecule has 3 aromatic carbocycles. The highest BCUT2D eigenvalue weighted by atomic mass is 35.5. The van der Waals surface area contributed by atoms with Gasteiger partial charge in [0.1, 0.15) is 5.75 Å². The minimum absolute atomic E-state index is 0.176. The molecule has 1 N–H and O–H groups in total. The summed E-state index contributed by atoms with van der Waals surface area (Å²) in [6, 6.07) is 18.1. The Labute approximate surface area is 211 Å². The fraction of sp³-hybridized carbons (Fsp3) is 0.296. The van der Waals surface area contributed by atoms with Gasteiger partial charge < -0.3 is 10.1 Å². The van der Waals surface area contributed by atoms with Gasteiger partial charge in [0.2, 0.25) is 15.9 Å². The number of benzene rings is 3. The Morgan fingerprint density at radius 2 is 1.60 bits per heavy atom. The fourth-order valence-corrected chi connectivity index (χ4v) is 6.65. The molecule has 0 aliphatic carbocycles. The van der Waals surface area contributed by atoms with Crippen molar-refractivity contribution in [1.29, 1.82) is 0 Å². The van der Waals surface area contributed by atoms with E-state index in [-0.39, 0.29) is 24.9 Å². The monoisotopic (exact) mass is 512 g/mol. The van der Waals surface area contributed by atoms with Crippen molar-refractivity contribution >= 4 is 33.2 Å². The minimum atomic E-state index is -3.63. The number of amides is 1. The molecular formula is C27H29ClN2O4S. The van der Waals surface area contributed by atoms with E-state index in [0.717, 1.165) is 16.7 Å². The van der Waals surface area contributed by atoms with Crippen LogP contribution in [-0.2, 0) is 14.8 Å². The lowest BCUT2D eigenvalue weighted by Gasteiger charge is -2.31. The van der Waals surface area contributed by atoms with Crippen molar-refractivity contribution in [1.82, 2.24) is 4.31 Å². The summed E-state index contributed by atoms with van der Waals surface area (Å²) in [6.07, 6.45) is 0.870. The maximum atomic E-state index is 13.4. The average molecular weight is 513 g/mol. The molecular weight excluding hydrogens is 484 g/mol. The number of para-hydroxylation sites is 1. The second kappa shape index (κ2) is 10.4. The number of hydrogen-bond acceptors (Lipinski definition) is 4. The zero-order valence-electron chi connectivity index (χ0n) is 20.0. The Morgan fingerprint density at radius 3 is 2.23 bits per heavy atom. The summed E-state index contributed by atoms with van der Waals surface area (Å²) in [5.41, 5.74) is 3.00. The van der Waals surface area contributed by atoms with Crippen molar-refractivity contribution < 1.29 is 17.9 Å². The predicted molar refractivity (Wildman–Crippen MR) is 139 cm³/mol. The second-order valence-electron chi connectivity index (χ2n) is 8.95. The van der Waals surface area contributed by atoms with Gasteiger partial charge in [0, 0.05) is 24.0 Å². The summed E-state index contributed by atoms with van der Waals surface area (Å²) >= 11 is 6.17. The van der Waals surface area contributed by atoms with Crippen LogP contribution in [0.3, 0.4) is 0 Å². The van der Waals surface area contributed by atoms with Gasteiger partial charge in [-0.25, -0.2) is 8.42 Å². The van der Waals surface area contributed by atoms with Crippen molar-refractivity contribution in [3.63, 3.8) is 0 Å². The van der Waals surface area contributed by atoms with Crippen LogP contribution >= 0.6 is 11.6 Å². The van der Waals surface area contributed by atoms with E-state index in [1.807, 2.05) is 63.2 Å². The molecule has 8 heteroatoms. The van der Waals surface area contributed by atoms with Gasteiger partial charge in [-0.2, -0.15) is 4.31 Å². The highest BCUT2D eigenvalue weighted by Gasteiger charge is 2.34. The third kappa shape index (κ3) is 5.69. The lowest BCUT2D eigenvalue weighted by Crippen LogP contribution is -2.41. The largest absolute Gasteiger partial charge is 0.455 e. The number of aryl methyl sites for hydroxylation is 3. The topological polar surface area (TPSA) is 75.7 Å². The number of piperidine rings is 1. The van der Waals surface area contributed by atoms with Crippen LogP contribution in [0.15, 0.2) is 65.6 Å². The fourth-order valence-electron chi connectivity index (χ4n) is 4.60. The molecule has 1 fully saturated rings. The van der Waals surface area contributed by atoms with E-state index in [2.05, 4.69) is 5.32 Å². The number of nitrogens with zero attached hydrogens (tertiary/aromatic N) is 1. The third-order valence-corrected chi connectivity index (χ3v) is 8.64. The van der Waals surface area contributed by atoms with Crippen LogP contribution in [0, 0.1) is 26.7 Å². The van der Waals surface area contributed by atoms with Gasteiger partial charge in [-0.3, -0.25) is 4.79 Å². The molecule has 0 radical (unpaired) electrons. The van der Waals surface area contributed by atoms with Crippen LogP contribution in [0.5, 0.6) is 11.5 Å². The van der Waals surface area contributed by atoms with E-state index in [1.165, 1.54) is 4.31 Å². The summed E-state index contributed by atoms with van der Waals surface area (Å²) in [5, 5.41) is 3.41. The zero-order valence-corrected chi connectivity index (χ0v) is 21.6. The number of hydrogen-bond donors (Lipinski definition) is 1. The van der Waals surface area contributed by atoms with E-state index in [0.29, 0.717) is 39.9 Å². The normalized spacial score (nSPS) is 15.1.